The van der Waals surface area contributed by atoms with Gasteiger partial charge in [0.2, 0.25) is 11.8 Å². The molecular formula is C18H36N2O7. The summed E-state index contributed by atoms with van der Waals surface area (Å²) >= 11 is 0. The molecule has 0 aromatic carbocycles. The molecule has 0 aromatic heterocycles. The number of hydrogen-bond donors (Lipinski definition) is 3. The van der Waals surface area contributed by atoms with E-state index in [0.29, 0.717) is 45.8 Å². The van der Waals surface area contributed by atoms with Crippen LogP contribution in [0.2, 0.25) is 0 Å². The fraction of sp³-hybridized carbons (Fsp3) is 0.778. The van der Waals surface area contributed by atoms with Crippen molar-refractivity contribution in [3.05, 3.63) is 0 Å². The van der Waals surface area contributed by atoms with E-state index in [1.165, 1.54) is 6.92 Å². The Bertz CT molecular complexity index is 388. The van der Waals surface area contributed by atoms with E-state index in [2.05, 4.69) is 10.6 Å². The second-order valence-electron chi connectivity index (χ2n) is 5.33. The first kappa shape index (κ1) is 29.8. The number of hydrogen-bond acceptors (Lipinski definition) is 6. The van der Waals surface area contributed by atoms with Gasteiger partial charge >= 0.3 is 0 Å². The first-order chi connectivity index (χ1) is 12.8. The Balaban J connectivity index is -0.00000104. The molecule has 160 valence electrons. The van der Waals surface area contributed by atoms with Crippen molar-refractivity contribution in [3.63, 3.8) is 0 Å². The number of carbonyl (C=O) groups excluding carboxylic acids is 3. The highest BCUT2D eigenvalue weighted by Crippen LogP contribution is 1.94. The van der Waals surface area contributed by atoms with Crippen LogP contribution in [0, 0.1) is 5.92 Å². The lowest BCUT2D eigenvalue weighted by atomic mass is 10.1. The molecule has 0 aliphatic rings. The van der Waals surface area contributed by atoms with Crippen LogP contribution < -0.4 is 10.6 Å². The van der Waals surface area contributed by atoms with Crippen molar-refractivity contribution in [2.24, 2.45) is 5.92 Å². The molecule has 0 spiro atoms. The summed E-state index contributed by atoms with van der Waals surface area (Å²) in [6.45, 7) is 11.1. The third kappa shape index (κ3) is 29.0. The molecule has 0 bridgehead atoms. The molecule has 0 radical (unpaired) electrons. The molecule has 2 amide bonds. The van der Waals surface area contributed by atoms with Gasteiger partial charge in [0.15, 0.2) is 5.78 Å². The van der Waals surface area contributed by atoms with Gasteiger partial charge in [-0.25, -0.2) is 0 Å². The first-order valence-corrected chi connectivity index (χ1v) is 9.12. The molecule has 0 saturated heterocycles. The van der Waals surface area contributed by atoms with E-state index in [9.17, 15) is 14.4 Å². The van der Waals surface area contributed by atoms with E-state index >= 15 is 0 Å². The highest BCUT2D eigenvalue weighted by molar-refractivity contribution is 5.81. The molecule has 0 aromatic rings. The highest BCUT2D eigenvalue weighted by Gasteiger charge is 2.06. The van der Waals surface area contributed by atoms with Crippen molar-refractivity contribution in [3.8, 4) is 0 Å². The molecule has 0 saturated carbocycles. The van der Waals surface area contributed by atoms with Gasteiger partial charge in [0, 0.05) is 32.4 Å². The Morgan fingerprint density at radius 2 is 1.56 bits per heavy atom. The predicted molar refractivity (Wildman–Crippen MR) is 102 cm³/mol. The molecule has 3 N–H and O–H groups in total. The first-order valence-electron chi connectivity index (χ1n) is 9.12. The van der Waals surface area contributed by atoms with Crippen LogP contribution in [0.15, 0.2) is 0 Å². The number of ether oxygens (including phenoxy) is 2. The second-order valence-corrected chi connectivity index (χ2v) is 5.33. The lowest BCUT2D eigenvalue weighted by molar-refractivity contribution is -0.127. The van der Waals surface area contributed by atoms with Crippen molar-refractivity contribution < 1.29 is 33.8 Å². The largest absolute Gasteiger partial charge is 0.483 e. The number of Topliss-reactive ketones (excluding diaryl/α,β-unsaturated/α-hetero) is 1. The van der Waals surface area contributed by atoms with Gasteiger partial charge in [0.05, 0.1) is 19.8 Å². The second kappa shape index (κ2) is 24.0. The predicted octanol–water partition coefficient (Wildman–Crippen LogP) is 1.00. The topological polar surface area (TPSA) is 131 Å². The fourth-order valence-electron chi connectivity index (χ4n) is 1.42. The van der Waals surface area contributed by atoms with Gasteiger partial charge in [-0.1, -0.05) is 27.7 Å². The van der Waals surface area contributed by atoms with Crippen LogP contribution in [0.1, 0.15) is 47.5 Å². The summed E-state index contributed by atoms with van der Waals surface area (Å²) in [5.41, 5.74) is 0. The summed E-state index contributed by atoms with van der Waals surface area (Å²) in [5, 5.41) is 12.2. The Kier molecular flexibility index (Phi) is 26.4. The summed E-state index contributed by atoms with van der Waals surface area (Å²) in [5.74, 6) is -0.0906. The molecule has 0 atom stereocenters. The van der Waals surface area contributed by atoms with Crippen LogP contribution in [-0.2, 0) is 28.7 Å². The molecule has 0 heterocycles. The van der Waals surface area contributed by atoms with Gasteiger partial charge in [-0.3, -0.25) is 19.2 Å². The van der Waals surface area contributed by atoms with Gasteiger partial charge in [-0.2, -0.15) is 0 Å². The van der Waals surface area contributed by atoms with Crippen LogP contribution in [0.4, 0.5) is 0 Å². The summed E-state index contributed by atoms with van der Waals surface area (Å²) in [7, 11) is 0. The summed E-state index contributed by atoms with van der Waals surface area (Å²) in [6.07, 6.45) is 0.991. The van der Waals surface area contributed by atoms with Gasteiger partial charge in [-0.05, 0) is 6.42 Å². The molecule has 27 heavy (non-hydrogen) atoms. The highest BCUT2D eigenvalue weighted by atomic mass is 16.5. The fourth-order valence-corrected chi connectivity index (χ4v) is 1.42. The van der Waals surface area contributed by atoms with Gasteiger partial charge in [0.25, 0.3) is 6.47 Å². The minimum Gasteiger partial charge on any atom is -0.483 e. The van der Waals surface area contributed by atoms with Crippen molar-refractivity contribution in [2.45, 2.75) is 47.5 Å². The number of carbonyl (C=O) groups is 4. The van der Waals surface area contributed by atoms with Crippen LogP contribution in [0.25, 0.3) is 0 Å². The van der Waals surface area contributed by atoms with Gasteiger partial charge in [0.1, 0.15) is 6.61 Å². The maximum absolute atomic E-state index is 11.4. The normalized spacial score (nSPS) is 9.26. The van der Waals surface area contributed by atoms with Crippen LogP contribution >= 0.6 is 0 Å². The Labute approximate surface area is 162 Å². The van der Waals surface area contributed by atoms with Gasteiger partial charge < -0.3 is 25.2 Å². The van der Waals surface area contributed by atoms with Crippen molar-refractivity contribution in [2.75, 3.05) is 39.5 Å². The summed E-state index contributed by atoms with van der Waals surface area (Å²) in [6, 6.07) is 0. The maximum atomic E-state index is 11.4. The Morgan fingerprint density at radius 3 is 2.07 bits per heavy atom. The third-order valence-electron chi connectivity index (χ3n) is 2.78. The monoisotopic (exact) mass is 392 g/mol. The third-order valence-corrected chi connectivity index (χ3v) is 2.78. The van der Waals surface area contributed by atoms with Gasteiger partial charge in [-0.15, -0.1) is 0 Å². The SMILES string of the molecule is CC.CC(=O)NCCCC(=O)NCCOCCOCC(=O)C(C)C.O=CO. The number of nitrogens with one attached hydrogen (secondary N) is 2. The zero-order valence-corrected chi connectivity index (χ0v) is 17.2. The molecule has 9 nitrogen and oxygen atoms in total. The molecule has 0 aliphatic heterocycles. The average molecular weight is 392 g/mol. The summed E-state index contributed by atoms with van der Waals surface area (Å²) < 4.78 is 10.4. The minimum absolute atomic E-state index is 0.0122. The van der Waals surface area contributed by atoms with Crippen LogP contribution in [-0.4, -0.2) is 68.7 Å². The molecule has 0 unspecified atom stereocenters. The van der Waals surface area contributed by atoms with E-state index < -0.39 is 0 Å². The van der Waals surface area contributed by atoms with Crippen molar-refractivity contribution >= 4 is 24.1 Å². The lowest BCUT2D eigenvalue weighted by Crippen LogP contribution is -2.29. The van der Waals surface area contributed by atoms with E-state index in [1.54, 1.807) is 0 Å². The quantitative estimate of drug-likeness (QED) is 0.315. The standard InChI is InChI=1S/C15H28N2O5.C2H6.CH2O2/c1-12(2)14(19)11-22-10-9-21-8-7-17-15(20)5-4-6-16-13(3)18;1-2;2-1-3/h12H,4-11H2,1-3H3,(H,16,18)(H,17,20);1-2H3;1H,(H,2,3). The Morgan fingerprint density at radius 1 is 1.00 bits per heavy atom. The van der Waals surface area contributed by atoms with E-state index in [1.807, 2.05) is 27.7 Å². The van der Waals surface area contributed by atoms with E-state index in [4.69, 9.17) is 19.4 Å². The zero-order chi connectivity index (χ0) is 21.5. The molecular weight excluding hydrogens is 356 g/mol. The molecule has 0 rings (SSSR count). The smallest absolute Gasteiger partial charge is 0.290 e. The number of rotatable bonds is 13. The lowest BCUT2D eigenvalue weighted by Gasteiger charge is -2.08. The van der Waals surface area contributed by atoms with Crippen LogP contribution in [0.3, 0.4) is 0 Å². The molecule has 9 heteroatoms. The van der Waals surface area contributed by atoms with Crippen molar-refractivity contribution in [1.29, 1.82) is 0 Å². The maximum Gasteiger partial charge on any atom is 0.290 e. The number of amides is 2. The number of ketones is 1. The Hall–Kier alpha value is -2.00. The minimum atomic E-state index is -0.250. The van der Waals surface area contributed by atoms with Crippen molar-refractivity contribution in [1.82, 2.24) is 10.6 Å². The van der Waals surface area contributed by atoms with E-state index in [0.717, 1.165) is 0 Å². The number of carboxylic acid groups (broad SMARTS) is 1. The van der Waals surface area contributed by atoms with E-state index in [-0.39, 0.29) is 36.6 Å². The zero-order valence-electron chi connectivity index (χ0n) is 17.2. The molecule has 0 fully saturated rings. The van der Waals surface area contributed by atoms with Crippen LogP contribution in [0.5, 0.6) is 0 Å². The summed E-state index contributed by atoms with van der Waals surface area (Å²) in [4.78, 5) is 41.7. The molecule has 0 aliphatic carbocycles. The average Bonchev–Trinajstić information content (AvgIpc) is 2.62.